The van der Waals surface area contributed by atoms with Crippen LogP contribution in [0.25, 0.3) is 0 Å². The van der Waals surface area contributed by atoms with E-state index in [2.05, 4.69) is 16.8 Å². The molecule has 0 radical (unpaired) electrons. The van der Waals surface area contributed by atoms with E-state index in [0.29, 0.717) is 24.0 Å². The normalized spacial score (nSPS) is 23.4. The van der Waals surface area contributed by atoms with Crippen molar-refractivity contribution in [3.8, 4) is 0 Å². The zero-order valence-electron chi connectivity index (χ0n) is 12.9. The van der Waals surface area contributed by atoms with Gasteiger partial charge in [0.2, 0.25) is 10.0 Å². The number of aryl methyl sites for hydroxylation is 2. The highest BCUT2D eigenvalue weighted by molar-refractivity contribution is 7.89. The fraction of sp³-hybridized carbons (Fsp3) is 0.786. The smallest absolute Gasteiger partial charge is 0.246 e. The second-order valence-electron chi connectivity index (χ2n) is 5.72. The van der Waals surface area contributed by atoms with Crippen LogP contribution in [0.15, 0.2) is 9.42 Å². The average molecular weight is 316 g/mol. The Morgan fingerprint density at radius 3 is 2.67 bits per heavy atom. The highest BCUT2D eigenvalue weighted by Gasteiger charge is 2.24. The molecular weight excluding hydrogens is 292 g/mol. The maximum atomic E-state index is 12.2. The van der Waals surface area contributed by atoms with Gasteiger partial charge in [0.05, 0.1) is 12.7 Å². The van der Waals surface area contributed by atoms with E-state index in [-0.39, 0.29) is 17.5 Å². The predicted octanol–water partition coefficient (Wildman–Crippen LogP) is 2.17. The summed E-state index contributed by atoms with van der Waals surface area (Å²) in [6.45, 7) is 6.05. The molecule has 0 saturated heterocycles. The van der Waals surface area contributed by atoms with Crippen LogP contribution in [0.1, 0.15) is 44.1 Å². The van der Waals surface area contributed by atoms with Crippen LogP contribution in [0, 0.1) is 19.8 Å². The Morgan fingerprint density at radius 2 is 2.05 bits per heavy atom. The lowest BCUT2D eigenvalue weighted by Gasteiger charge is -2.28. The lowest BCUT2D eigenvalue weighted by atomic mass is 9.88. The van der Waals surface area contributed by atoms with Crippen LogP contribution in [0.2, 0.25) is 0 Å². The minimum Gasteiger partial charge on any atom is -0.377 e. The molecule has 2 rings (SSSR count). The molecule has 1 aliphatic carbocycles. The summed E-state index contributed by atoms with van der Waals surface area (Å²) in [7, 11) is -3.58. The standard InChI is InChI=1S/C14H24N2O4S/c1-10-6-4-5-7-13(10)19-9-8-15-21(17,18)14-11(2)16-20-12(14)3/h10,13,15H,4-9H2,1-3H3/t10-,13+/m0/s1. The molecule has 0 amide bonds. The Labute approximate surface area is 126 Å². The van der Waals surface area contributed by atoms with Gasteiger partial charge in [-0.25, -0.2) is 13.1 Å². The van der Waals surface area contributed by atoms with Crippen LogP contribution in [0.4, 0.5) is 0 Å². The molecular formula is C14H24N2O4S. The van der Waals surface area contributed by atoms with Crippen LogP contribution < -0.4 is 4.72 Å². The van der Waals surface area contributed by atoms with Gasteiger partial charge < -0.3 is 9.26 Å². The van der Waals surface area contributed by atoms with E-state index in [1.807, 2.05) is 0 Å². The van der Waals surface area contributed by atoms with Gasteiger partial charge in [-0.05, 0) is 32.6 Å². The van der Waals surface area contributed by atoms with Gasteiger partial charge >= 0.3 is 0 Å². The number of hydrogen-bond donors (Lipinski definition) is 1. The Bertz CT molecular complexity index is 548. The second-order valence-corrected chi connectivity index (χ2v) is 7.43. The van der Waals surface area contributed by atoms with Crippen LogP contribution in [-0.4, -0.2) is 32.8 Å². The van der Waals surface area contributed by atoms with Gasteiger partial charge in [-0.15, -0.1) is 0 Å². The van der Waals surface area contributed by atoms with E-state index in [0.717, 1.165) is 6.42 Å². The van der Waals surface area contributed by atoms with Crippen molar-refractivity contribution >= 4 is 10.0 Å². The summed E-state index contributed by atoms with van der Waals surface area (Å²) in [6.07, 6.45) is 4.97. The molecule has 0 spiro atoms. The van der Waals surface area contributed by atoms with Gasteiger partial charge in [0.1, 0.15) is 10.6 Å². The van der Waals surface area contributed by atoms with Crippen molar-refractivity contribution in [2.45, 2.75) is 57.5 Å². The van der Waals surface area contributed by atoms with Crippen molar-refractivity contribution in [3.05, 3.63) is 11.5 Å². The first kappa shape index (κ1) is 16.5. The van der Waals surface area contributed by atoms with E-state index in [4.69, 9.17) is 9.26 Å². The summed E-state index contributed by atoms with van der Waals surface area (Å²) in [5.41, 5.74) is 0.377. The molecule has 1 fully saturated rings. The molecule has 120 valence electrons. The quantitative estimate of drug-likeness (QED) is 0.813. The topological polar surface area (TPSA) is 81.4 Å². The molecule has 1 heterocycles. The summed E-state index contributed by atoms with van der Waals surface area (Å²) in [4.78, 5) is 0.133. The van der Waals surface area contributed by atoms with E-state index in [9.17, 15) is 8.42 Å². The molecule has 1 saturated carbocycles. The molecule has 0 aromatic carbocycles. The monoisotopic (exact) mass is 316 g/mol. The minimum atomic E-state index is -3.58. The Kier molecular flexibility index (Phi) is 5.40. The number of aromatic nitrogens is 1. The number of sulfonamides is 1. The minimum absolute atomic E-state index is 0.133. The number of hydrogen-bond acceptors (Lipinski definition) is 5. The van der Waals surface area contributed by atoms with Gasteiger partial charge in [-0.3, -0.25) is 0 Å². The first-order chi connectivity index (χ1) is 9.92. The van der Waals surface area contributed by atoms with Gasteiger partial charge in [-0.2, -0.15) is 0 Å². The molecule has 0 unspecified atom stereocenters. The van der Waals surface area contributed by atoms with Crippen molar-refractivity contribution < 1.29 is 17.7 Å². The molecule has 2 atom stereocenters. The van der Waals surface area contributed by atoms with Crippen LogP contribution >= 0.6 is 0 Å². The zero-order valence-corrected chi connectivity index (χ0v) is 13.7. The summed E-state index contributed by atoms with van der Waals surface area (Å²) in [5, 5.41) is 3.67. The molecule has 6 nitrogen and oxygen atoms in total. The first-order valence-corrected chi connectivity index (χ1v) is 8.94. The lowest BCUT2D eigenvalue weighted by molar-refractivity contribution is -0.00177. The maximum absolute atomic E-state index is 12.2. The highest BCUT2D eigenvalue weighted by atomic mass is 32.2. The number of rotatable bonds is 6. The van der Waals surface area contributed by atoms with E-state index in [1.54, 1.807) is 13.8 Å². The maximum Gasteiger partial charge on any atom is 0.246 e. The van der Waals surface area contributed by atoms with Gasteiger partial charge in [0.25, 0.3) is 0 Å². The lowest BCUT2D eigenvalue weighted by Crippen LogP contribution is -2.32. The van der Waals surface area contributed by atoms with E-state index in [1.165, 1.54) is 19.3 Å². The van der Waals surface area contributed by atoms with E-state index < -0.39 is 10.0 Å². The van der Waals surface area contributed by atoms with Crippen molar-refractivity contribution in [2.24, 2.45) is 5.92 Å². The summed E-state index contributed by atoms with van der Waals surface area (Å²) in [5.74, 6) is 0.861. The van der Waals surface area contributed by atoms with Crippen LogP contribution in [0.5, 0.6) is 0 Å². The van der Waals surface area contributed by atoms with Gasteiger partial charge in [-0.1, -0.05) is 24.9 Å². The van der Waals surface area contributed by atoms with Crippen molar-refractivity contribution in [2.75, 3.05) is 13.2 Å². The molecule has 0 aliphatic heterocycles. The second kappa shape index (κ2) is 6.89. The third-order valence-electron chi connectivity index (χ3n) is 4.00. The fourth-order valence-electron chi connectivity index (χ4n) is 2.85. The Morgan fingerprint density at radius 1 is 1.33 bits per heavy atom. The van der Waals surface area contributed by atoms with Gasteiger partial charge in [0.15, 0.2) is 5.76 Å². The summed E-state index contributed by atoms with van der Waals surface area (Å²) < 4.78 is 37.6. The number of nitrogens with zero attached hydrogens (tertiary/aromatic N) is 1. The van der Waals surface area contributed by atoms with Crippen molar-refractivity contribution in [1.82, 2.24) is 9.88 Å². The van der Waals surface area contributed by atoms with Crippen LogP contribution in [0.3, 0.4) is 0 Å². The van der Waals surface area contributed by atoms with Crippen molar-refractivity contribution in [1.29, 1.82) is 0 Å². The largest absolute Gasteiger partial charge is 0.377 e. The molecule has 1 aromatic rings. The molecule has 21 heavy (non-hydrogen) atoms. The summed E-state index contributed by atoms with van der Waals surface area (Å²) >= 11 is 0. The third kappa shape index (κ3) is 4.05. The molecule has 1 aromatic heterocycles. The predicted molar refractivity (Wildman–Crippen MR) is 78.5 cm³/mol. The molecule has 7 heteroatoms. The number of nitrogens with one attached hydrogen (secondary N) is 1. The molecule has 1 aliphatic rings. The highest BCUT2D eigenvalue weighted by Crippen LogP contribution is 2.26. The van der Waals surface area contributed by atoms with Gasteiger partial charge in [0, 0.05) is 6.54 Å². The summed E-state index contributed by atoms with van der Waals surface area (Å²) in [6, 6.07) is 0. The average Bonchev–Trinajstić information content (AvgIpc) is 2.77. The Balaban J connectivity index is 1.83. The first-order valence-electron chi connectivity index (χ1n) is 7.46. The van der Waals surface area contributed by atoms with E-state index >= 15 is 0 Å². The third-order valence-corrected chi connectivity index (χ3v) is 5.70. The fourth-order valence-corrected chi connectivity index (χ4v) is 4.18. The SMILES string of the molecule is Cc1noc(C)c1S(=O)(=O)NCCO[C@@H]1CCCC[C@@H]1C. The number of ether oxygens (including phenoxy) is 1. The molecule has 1 N–H and O–H groups in total. The van der Waals surface area contributed by atoms with Crippen molar-refractivity contribution in [3.63, 3.8) is 0 Å². The Hall–Kier alpha value is -0.920. The van der Waals surface area contributed by atoms with Crippen LogP contribution in [-0.2, 0) is 14.8 Å². The molecule has 0 bridgehead atoms. The zero-order chi connectivity index (χ0) is 15.5.